The summed E-state index contributed by atoms with van der Waals surface area (Å²) in [6, 6.07) is 19.7. The van der Waals surface area contributed by atoms with E-state index in [1.807, 2.05) is 0 Å². The zero-order valence-electron chi connectivity index (χ0n) is 22.6. The van der Waals surface area contributed by atoms with Crippen molar-refractivity contribution in [1.82, 2.24) is 0 Å². The number of carbonyl (C=O) groups is 1. The molecule has 4 atom stereocenters. The fourth-order valence-electron chi connectivity index (χ4n) is 7.28. The van der Waals surface area contributed by atoms with E-state index in [1.54, 1.807) is 7.11 Å². The van der Waals surface area contributed by atoms with Gasteiger partial charge in [-0.3, -0.25) is 4.79 Å². The van der Waals surface area contributed by atoms with Crippen LogP contribution in [0, 0.1) is 17.8 Å². The number of rotatable bonds is 11. The van der Waals surface area contributed by atoms with Crippen LogP contribution in [0.5, 0.6) is 0 Å². The fourth-order valence-corrected chi connectivity index (χ4v) is 7.28. The molecule has 38 heavy (non-hydrogen) atoms. The van der Waals surface area contributed by atoms with Crippen LogP contribution in [0.3, 0.4) is 0 Å². The van der Waals surface area contributed by atoms with Gasteiger partial charge in [-0.1, -0.05) is 91.2 Å². The minimum Gasteiger partial charge on any atom is -0.481 e. The third-order valence-corrected chi connectivity index (χ3v) is 9.11. The first-order chi connectivity index (χ1) is 18.6. The lowest BCUT2D eigenvalue weighted by molar-refractivity contribution is -0.137. The number of benzene rings is 2. The van der Waals surface area contributed by atoms with Gasteiger partial charge in [0.15, 0.2) is 0 Å². The summed E-state index contributed by atoms with van der Waals surface area (Å²) in [7, 11) is 1.67. The summed E-state index contributed by atoms with van der Waals surface area (Å²) in [4.78, 5) is 16.4. The molecule has 2 aromatic carbocycles. The fraction of sp³-hybridized carbons (Fsp3) is 0.515. The second-order valence-electron chi connectivity index (χ2n) is 11.3. The molecule has 5 rings (SSSR count). The molecule has 2 aromatic rings. The molecule has 3 fully saturated rings. The van der Waals surface area contributed by atoms with E-state index in [-0.39, 0.29) is 23.9 Å². The van der Waals surface area contributed by atoms with Gasteiger partial charge in [-0.2, -0.15) is 0 Å². The highest BCUT2D eigenvalue weighted by Gasteiger charge is 2.61. The molecule has 0 unspecified atom stereocenters. The largest absolute Gasteiger partial charge is 0.481 e. The molecule has 0 radical (unpaired) electrons. The summed E-state index contributed by atoms with van der Waals surface area (Å²) >= 11 is 0. The Morgan fingerprint density at radius 1 is 1.05 bits per heavy atom. The van der Waals surface area contributed by atoms with E-state index < -0.39 is 5.97 Å². The minimum absolute atomic E-state index is 0.0564. The first-order valence-corrected chi connectivity index (χ1v) is 14.4. The van der Waals surface area contributed by atoms with Gasteiger partial charge in [0.2, 0.25) is 0 Å². The van der Waals surface area contributed by atoms with Gasteiger partial charge >= 0.3 is 5.97 Å². The van der Waals surface area contributed by atoms with Crippen LogP contribution in [0.15, 0.2) is 71.9 Å². The molecule has 5 heteroatoms. The Bertz CT molecular complexity index is 1120. The van der Waals surface area contributed by atoms with Gasteiger partial charge in [-0.25, -0.2) is 0 Å². The van der Waals surface area contributed by atoms with Crippen molar-refractivity contribution in [2.45, 2.75) is 75.7 Å². The maximum atomic E-state index is 10.9. The lowest BCUT2D eigenvalue weighted by Gasteiger charge is -2.41. The standard InChI is InChI=1S/C33H41NO4/c1-37-34-32(26-14-8-5-9-15-26)31-28(16-10-2-3-11-17-30(35)36)33(22-29(31)38-23-33)27-20-18-25(19-21-27)24-12-6-4-7-13-24/h2,4,6-7,10,12-13,18-21,26,28-29,31H,3,5,8-9,11,14-17,22-23H2,1H3,(H,35,36)/b10-2-,34-32?/t28-,29-,31-,33-/m0/s1. The maximum Gasteiger partial charge on any atom is 0.303 e. The second-order valence-corrected chi connectivity index (χ2v) is 11.3. The Kier molecular flexibility index (Phi) is 8.63. The molecule has 1 N–H and O–H groups in total. The first kappa shape index (κ1) is 26.7. The van der Waals surface area contributed by atoms with Crippen molar-refractivity contribution in [3.8, 4) is 11.1 Å². The van der Waals surface area contributed by atoms with E-state index in [4.69, 9.17) is 19.8 Å². The zero-order chi connectivity index (χ0) is 26.4. The van der Waals surface area contributed by atoms with E-state index in [0.717, 1.165) is 25.9 Å². The molecule has 2 bridgehead atoms. The molecule has 1 aliphatic heterocycles. The van der Waals surface area contributed by atoms with E-state index >= 15 is 0 Å². The Morgan fingerprint density at radius 2 is 1.79 bits per heavy atom. The number of carboxylic acid groups (broad SMARTS) is 1. The monoisotopic (exact) mass is 515 g/mol. The molecular weight excluding hydrogens is 474 g/mol. The van der Waals surface area contributed by atoms with Gasteiger partial charge in [0.05, 0.1) is 18.4 Å². The van der Waals surface area contributed by atoms with Crippen molar-refractivity contribution < 1.29 is 19.5 Å². The van der Waals surface area contributed by atoms with Crippen molar-refractivity contribution in [2.75, 3.05) is 13.7 Å². The summed E-state index contributed by atoms with van der Waals surface area (Å²) in [6.07, 6.45) is 14.4. The molecule has 2 aliphatic carbocycles. The third kappa shape index (κ3) is 5.58. The highest BCUT2D eigenvalue weighted by atomic mass is 16.6. The number of oxime groups is 1. The molecule has 0 spiro atoms. The van der Waals surface area contributed by atoms with Crippen LogP contribution >= 0.6 is 0 Å². The number of hydrogen-bond donors (Lipinski definition) is 1. The van der Waals surface area contributed by atoms with Gasteiger partial charge < -0.3 is 14.7 Å². The van der Waals surface area contributed by atoms with E-state index in [1.165, 1.54) is 54.5 Å². The topological polar surface area (TPSA) is 68.1 Å². The molecule has 0 aromatic heterocycles. The number of aliphatic carboxylic acids is 1. The predicted octanol–water partition coefficient (Wildman–Crippen LogP) is 7.41. The van der Waals surface area contributed by atoms with Gasteiger partial charge in [0.1, 0.15) is 7.11 Å². The Hall–Kier alpha value is -2.92. The molecule has 3 aliphatic rings. The SMILES string of the molecule is CON=C(C1CCCCC1)[C@@H]1[C@@H]2C[C@@](c3ccc(-c4ccccc4)cc3)(CO2)[C@H]1C/C=C\CCCC(=O)O. The van der Waals surface area contributed by atoms with E-state index in [2.05, 4.69) is 66.7 Å². The van der Waals surface area contributed by atoms with Gasteiger partial charge in [-0.05, 0) is 61.1 Å². The highest BCUT2D eigenvalue weighted by molar-refractivity contribution is 5.90. The van der Waals surface area contributed by atoms with Crippen LogP contribution in [-0.2, 0) is 19.8 Å². The molecule has 2 saturated carbocycles. The molecule has 5 nitrogen and oxygen atoms in total. The number of nitrogens with zero attached hydrogens (tertiary/aromatic N) is 1. The van der Waals surface area contributed by atoms with Crippen molar-refractivity contribution >= 4 is 11.7 Å². The average molecular weight is 516 g/mol. The van der Waals surface area contributed by atoms with Crippen LogP contribution < -0.4 is 0 Å². The summed E-state index contributed by atoms with van der Waals surface area (Å²) in [5.41, 5.74) is 4.97. The van der Waals surface area contributed by atoms with E-state index in [9.17, 15) is 4.79 Å². The summed E-state index contributed by atoms with van der Waals surface area (Å²) in [5.74, 6) is 0.352. The zero-order valence-corrected chi connectivity index (χ0v) is 22.6. The van der Waals surface area contributed by atoms with Crippen molar-refractivity contribution in [2.24, 2.45) is 22.9 Å². The average Bonchev–Trinajstić information content (AvgIpc) is 3.53. The highest BCUT2D eigenvalue weighted by Crippen LogP contribution is 2.58. The molecule has 0 amide bonds. The minimum atomic E-state index is -0.727. The number of ether oxygens (including phenoxy) is 1. The van der Waals surface area contributed by atoms with Gasteiger partial charge in [0, 0.05) is 23.7 Å². The summed E-state index contributed by atoms with van der Waals surface area (Å²) < 4.78 is 6.53. The van der Waals surface area contributed by atoms with Crippen LogP contribution in [-0.4, -0.2) is 36.6 Å². The maximum absolute atomic E-state index is 10.9. The van der Waals surface area contributed by atoms with Gasteiger partial charge in [-0.15, -0.1) is 0 Å². The van der Waals surface area contributed by atoms with Gasteiger partial charge in [0.25, 0.3) is 0 Å². The number of unbranched alkanes of at least 4 members (excludes halogenated alkanes) is 1. The Balaban J connectivity index is 1.44. The summed E-state index contributed by atoms with van der Waals surface area (Å²) in [5, 5.41) is 13.7. The Labute approximate surface area is 226 Å². The molecule has 1 heterocycles. The Morgan fingerprint density at radius 3 is 2.50 bits per heavy atom. The normalized spacial score (nSPS) is 27.7. The van der Waals surface area contributed by atoms with E-state index in [0.29, 0.717) is 18.3 Å². The lowest BCUT2D eigenvalue weighted by Crippen LogP contribution is -2.44. The van der Waals surface area contributed by atoms with Crippen LogP contribution in [0.25, 0.3) is 11.1 Å². The molecule has 202 valence electrons. The quantitative estimate of drug-likeness (QED) is 0.146. The number of fused-ring (bicyclic) bond motifs is 2. The number of hydrogen-bond acceptors (Lipinski definition) is 4. The number of carboxylic acids is 1. The second kappa shape index (κ2) is 12.3. The summed E-state index contributed by atoms with van der Waals surface area (Å²) in [6.45, 7) is 0.737. The predicted molar refractivity (Wildman–Crippen MR) is 151 cm³/mol. The number of allylic oxidation sites excluding steroid dienone is 2. The third-order valence-electron chi connectivity index (χ3n) is 9.11. The van der Waals surface area contributed by atoms with Crippen LogP contribution in [0.2, 0.25) is 0 Å². The first-order valence-electron chi connectivity index (χ1n) is 14.4. The lowest BCUT2D eigenvalue weighted by atomic mass is 9.66. The van der Waals surface area contributed by atoms with Crippen molar-refractivity contribution in [1.29, 1.82) is 0 Å². The molecule has 1 saturated heterocycles. The molecular formula is C33H41NO4. The smallest absolute Gasteiger partial charge is 0.303 e. The van der Waals surface area contributed by atoms with Crippen LogP contribution in [0.4, 0.5) is 0 Å². The van der Waals surface area contributed by atoms with Crippen molar-refractivity contribution in [3.05, 3.63) is 72.3 Å². The van der Waals surface area contributed by atoms with Crippen LogP contribution in [0.1, 0.15) is 69.8 Å². The van der Waals surface area contributed by atoms with Crippen molar-refractivity contribution in [3.63, 3.8) is 0 Å².